The third kappa shape index (κ3) is 5.51. The van der Waals surface area contributed by atoms with Gasteiger partial charge in [-0.1, -0.05) is 0 Å². The molecule has 1 aromatic carbocycles. The zero-order valence-corrected chi connectivity index (χ0v) is 15.8. The van der Waals surface area contributed by atoms with E-state index < -0.39 is 0 Å². The van der Waals surface area contributed by atoms with Crippen LogP contribution in [0.1, 0.15) is 37.0 Å². The molecule has 2 rings (SSSR count). The van der Waals surface area contributed by atoms with Gasteiger partial charge in [0, 0.05) is 36.0 Å². The number of nitrogens with one attached hydrogen (secondary N) is 1. The van der Waals surface area contributed by atoms with Crippen LogP contribution in [0.4, 0.5) is 5.69 Å². The summed E-state index contributed by atoms with van der Waals surface area (Å²) >= 11 is 0. The maximum absolute atomic E-state index is 12.3. The van der Waals surface area contributed by atoms with E-state index >= 15 is 0 Å². The minimum Gasteiger partial charge on any atom is -0.469 e. The molecule has 1 aliphatic heterocycles. The second-order valence-corrected chi connectivity index (χ2v) is 6.54. The molecule has 27 heavy (non-hydrogen) atoms. The fourth-order valence-corrected chi connectivity index (χ4v) is 2.86. The molecule has 0 aliphatic carbocycles. The highest BCUT2D eigenvalue weighted by Crippen LogP contribution is 2.19. The van der Waals surface area contributed by atoms with Crippen molar-refractivity contribution in [2.75, 3.05) is 25.5 Å². The second kappa shape index (κ2) is 9.12. The van der Waals surface area contributed by atoms with E-state index in [0.29, 0.717) is 37.2 Å². The predicted octanol–water partition coefficient (Wildman–Crippen LogP) is 2.19. The van der Waals surface area contributed by atoms with E-state index in [-0.39, 0.29) is 35.1 Å². The van der Waals surface area contributed by atoms with Crippen molar-refractivity contribution in [2.24, 2.45) is 5.92 Å². The van der Waals surface area contributed by atoms with Crippen LogP contribution in [0.25, 0.3) is 0 Å². The zero-order chi connectivity index (χ0) is 20.0. The molecule has 0 bridgehead atoms. The van der Waals surface area contributed by atoms with Crippen LogP contribution in [-0.4, -0.2) is 48.7 Å². The number of methoxy groups -OCH3 is 1. The molecule has 7 nitrogen and oxygen atoms in total. The Bertz CT molecular complexity index is 759. The number of likely N-dealkylation sites (tertiary alicyclic amines) is 1. The Morgan fingerprint density at radius 2 is 1.67 bits per heavy atom. The molecule has 1 saturated heterocycles. The number of carbonyl (C=O) groups excluding carboxylic acids is 4. The lowest BCUT2D eigenvalue weighted by atomic mass is 9.97. The highest BCUT2D eigenvalue weighted by atomic mass is 16.5. The Kier molecular flexibility index (Phi) is 6.87. The number of esters is 1. The number of amides is 2. The average molecular weight is 372 g/mol. The van der Waals surface area contributed by atoms with Gasteiger partial charge in [0.05, 0.1) is 13.0 Å². The largest absolute Gasteiger partial charge is 0.469 e. The van der Waals surface area contributed by atoms with Gasteiger partial charge in [-0.15, -0.1) is 0 Å². The van der Waals surface area contributed by atoms with E-state index in [1.54, 1.807) is 36.1 Å². The lowest BCUT2D eigenvalue weighted by Crippen LogP contribution is -2.40. The van der Waals surface area contributed by atoms with Gasteiger partial charge in [0.2, 0.25) is 5.91 Å². The summed E-state index contributed by atoms with van der Waals surface area (Å²) in [4.78, 5) is 49.0. The monoisotopic (exact) mass is 372 g/mol. The van der Waals surface area contributed by atoms with Gasteiger partial charge in [-0.3, -0.25) is 19.2 Å². The van der Waals surface area contributed by atoms with Crippen LogP contribution in [0.2, 0.25) is 0 Å². The Labute approximate surface area is 158 Å². The van der Waals surface area contributed by atoms with Crippen LogP contribution in [0, 0.1) is 5.92 Å². The molecular weight excluding hydrogens is 348 g/mol. The fraction of sp³-hybridized carbons (Fsp3) is 0.400. The van der Waals surface area contributed by atoms with E-state index in [9.17, 15) is 19.2 Å². The molecule has 0 aromatic heterocycles. The number of Topliss-reactive ketones (excluding diaryl/α,β-unsaturated/α-hetero) is 1. The van der Waals surface area contributed by atoms with Crippen molar-refractivity contribution in [3.63, 3.8) is 0 Å². The number of ketones is 1. The normalized spacial score (nSPS) is 15.2. The maximum Gasteiger partial charge on any atom is 0.308 e. The molecule has 0 saturated carbocycles. The molecule has 1 aromatic rings. The minimum atomic E-state index is -0.386. The smallest absolute Gasteiger partial charge is 0.308 e. The first-order valence-electron chi connectivity index (χ1n) is 8.79. The third-order valence-corrected chi connectivity index (χ3v) is 4.59. The van der Waals surface area contributed by atoms with E-state index in [1.807, 2.05) is 0 Å². The van der Waals surface area contributed by atoms with Crippen molar-refractivity contribution in [2.45, 2.75) is 26.7 Å². The second-order valence-electron chi connectivity index (χ2n) is 6.54. The summed E-state index contributed by atoms with van der Waals surface area (Å²) in [6.45, 7) is 3.95. The highest BCUT2D eigenvalue weighted by Gasteiger charge is 2.27. The third-order valence-electron chi connectivity index (χ3n) is 4.59. The molecule has 1 fully saturated rings. The zero-order valence-electron chi connectivity index (χ0n) is 15.8. The summed E-state index contributed by atoms with van der Waals surface area (Å²) in [5, 5.41) is 2.70. The number of piperidine rings is 1. The van der Waals surface area contributed by atoms with Crippen molar-refractivity contribution in [3.05, 3.63) is 41.5 Å². The Morgan fingerprint density at radius 3 is 2.19 bits per heavy atom. The Balaban J connectivity index is 1.91. The van der Waals surface area contributed by atoms with Crippen molar-refractivity contribution >= 4 is 29.3 Å². The summed E-state index contributed by atoms with van der Waals surface area (Å²) in [7, 11) is 1.36. The van der Waals surface area contributed by atoms with Gasteiger partial charge in [-0.2, -0.15) is 0 Å². The SMILES string of the molecule is COC(=O)C1CCN(C(=O)/C=C(/C)C(=O)Nc2ccc(C(C)=O)cc2)CC1. The number of anilines is 1. The molecule has 144 valence electrons. The summed E-state index contributed by atoms with van der Waals surface area (Å²) in [5.41, 5.74) is 1.39. The number of carbonyl (C=O) groups is 4. The summed E-state index contributed by atoms with van der Waals surface area (Å²) in [6, 6.07) is 6.55. The Morgan fingerprint density at radius 1 is 1.07 bits per heavy atom. The van der Waals surface area contributed by atoms with E-state index in [4.69, 9.17) is 4.74 Å². The number of nitrogens with zero attached hydrogens (tertiary/aromatic N) is 1. The molecule has 1 aliphatic rings. The standard InChI is InChI=1S/C20H24N2O5/c1-13(19(25)21-17-6-4-15(5-7-17)14(2)23)12-18(24)22-10-8-16(9-11-22)20(26)27-3/h4-7,12,16H,8-11H2,1-3H3,(H,21,25)/b13-12-. The van der Waals surface area contributed by atoms with Gasteiger partial charge in [0.25, 0.3) is 5.91 Å². The summed E-state index contributed by atoms with van der Waals surface area (Å²) < 4.78 is 4.73. The van der Waals surface area contributed by atoms with Gasteiger partial charge in [-0.25, -0.2) is 0 Å². The highest BCUT2D eigenvalue weighted by molar-refractivity contribution is 6.07. The summed E-state index contributed by atoms with van der Waals surface area (Å²) in [6.07, 6.45) is 2.41. The van der Waals surface area contributed by atoms with Gasteiger partial charge < -0.3 is 15.0 Å². The first-order valence-corrected chi connectivity index (χ1v) is 8.79. The van der Waals surface area contributed by atoms with Crippen LogP contribution in [0.3, 0.4) is 0 Å². The van der Waals surface area contributed by atoms with Crippen LogP contribution >= 0.6 is 0 Å². The van der Waals surface area contributed by atoms with Crippen molar-refractivity contribution in [1.29, 1.82) is 0 Å². The number of benzene rings is 1. The van der Waals surface area contributed by atoms with Gasteiger partial charge in [0.15, 0.2) is 5.78 Å². The molecule has 0 unspecified atom stereocenters. The van der Waals surface area contributed by atoms with Gasteiger partial charge >= 0.3 is 5.97 Å². The van der Waals surface area contributed by atoms with Crippen molar-refractivity contribution < 1.29 is 23.9 Å². The topological polar surface area (TPSA) is 92.8 Å². The molecule has 0 atom stereocenters. The van der Waals surface area contributed by atoms with Crippen molar-refractivity contribution in [3.8, 4) is 0 Å². The fourth-order valence-electron chi connectivity index (χ4n) is 2.86. The predicted molar refractivity (Wildman–Crippen MR) is 100 cm³/mol. The van der Waals surface area contributed by atoms with E-state index in [0.717, 1.165) is 0 Å². The minimum absolute atomic E-state index is 0.0504. The first-order chi connectivity index (χ1) is 12.8. The van der Waals surface area contributed by atoms with Crippen LogP contribution in [0.15, 0.2) is 35.9 Å². The number of ether oxygens (including phenoxy) is 1. The molecule has 1 N–H and O–H groups in total. The van der Waals surface area contributed by atoms with Crippen molar-refractivity contribution in [1.82, 2.24) is 4.90 Å². The average Bonchev–Trinajstić information content (AvgIpc) is 2.67. The van der Waals surface area contributed by atoms with Gasteiger partial charge in [0.1, 0.15) is 0 Å². The Hall–Kier alpha value is -2.96. The quantitative estimate of drug-likeness (QED) is 0.486. The molecular formula is C20H24N2O5. The van der Waals surface area contributed by atoms with Crippen LogP contribution in [0.5, 0.6) is 0 Å². The molecule has 2 amide bonds. The number of hydrogen-bond donors (Lipinski definition) is 1. The van der Waals surface area contributed by atoms with Gasteiger partial charge in [-0.05, 0) is 51.0 Å². The first kappa shape index (κ1) is 20.4. The summed E-state index contributed by atoms with van der Waals surface area (Å²) in [5.74, 6) is -1.11. The molecule has 7 heteroatoms. The lowest BCUT2D eigenvalue weighted by molar-refractivity contribution is -0.148. The molecule has 1 heterocycles. The lowest BCUT2D eigenvalue weighted by Gasteiger charge is -2.30. The number of rotatable bonds is 5. The maximum atomic E-state index is 12.3. The molecule has 0 spiro atoms. The number of hydrogen-bond acceptors (Lipinski definition) is 5. The molecule has 0 radical (unpaired) electrons. The van der Waals surface area contributed by atoms with Crippen LogP contribution < -0.4 is 5.32 Å². The van der Waals surface area contributed by atoms with E-state index in [2.05, 4.69) is 5.32 Å². The van der Waals surface area contributed by atoms with E-state index in [1.165, 1.54) is 20.1 Å². The van der Waals surface area contributed by atoms with Crippen LogP contribution in [-0.2, 0) is 19.1 Å².